The van der Waals surface area contributed by atoms with Crippen molar-refractivity contribution < 1.29 is 4.79 Å². The van der Waals surface area contributed by atoms with E-state index < -0.39 is 0 Å². The van der Waals surface area contributed by atoms with Crippen molar-refractivity contribution in [2.45, 2.75) is 13.3 Å². The summed E-state index contributed by atoms with van der Waals surface area (Å²) in [5.74, 6) is 1.00. The Balaban J connectivity index is 2.09. The first-order chi connectivity index (χ1) is 11.0. The third-order valence-corrected chi connectivity index (χ3v) is 2.96. The summed E-state index contributed by atoms with van der Waals surface area (Å²) in [5, 5.41) is 14.2. The van der Waals surface area contributed by atoms with Gasteiger partial charge in [-0.05, 0) is 31.2 Å². The highest BCUT2D eigenvalue weighted by atomic mass is 16.1. The van der Waals surface area contributed by atoms with Crippen LogP contribution in [0, 0.1) is 18.3 Å². The van der Waals surface area contributed by atoms with Crippen LogP contribution in [0.4, 0.5) is 23.1 Å². The predicted octanol–water partition coefficient (Wildman–Crippen LogP) is 2.45. The van der Waals surface area contributed by atoms with Gasteiger partial charge in [0.15, 0.2) is 0 Å². The van der Waals surface area contributed by atoms with Crippen LogP contribution < -0.4 is 15.5 Å². The van der Waals surface area contributed by atoms with Gasteiger partial charge in [0.2, 0.25) is 11.9 Å². The predicted molar refractivity (Wildman–Crippen MR) is 89.7 cm³/mol. The Labute approximate surface area is 135 Å². The summed E-state index contributed by atoms with van der Waals surface area (Å²) in [6, 6.07) is 10.8. The van der Waals surface area contributed by atoms with Gasteiger partial charge in [0.05, 0.1) is 6.07 Å². The van der Waals surface area contributed by atoms with Crippen molar-refractivity contribution in [3.63, 3.8) is 0 Å². The largest absolute Gasteiger partial charge is 0.363 e. The van der Waals surface area contributed by atoms with Crippen LogP contribution in [0.3, 0.4) is 0 Å². The summed E-state index contributed by atoms with van der Waals surface area (Å²) in [5.41, 5.74) is 2.31. The Bertz CT molecular complexity index is 733. The summed E-state index contributed by atoms with van der Waals surface area (Å²) in [7, 11) is 3.84. The number of nitrogens with one attached hydrogen (secondary N) is 2. The first kappa shape index (κ1) is 16.2. The van der Waals surface area contributed by atoms with Crippen LogP contribution in [0.2, 0.25) is 0 Å². The first-order valence-electron chi connectivity index (χ1n) is 7.05. The molecule has 0 aliphatic rings. The molecule has 2 aromatic rings. The average molecular weight is 310 g/mol. The summed E-state index contributed by atoms with van der Waals surface area (Å²) in [4.78, 5) is 22.0. The van der Waals surface area contributed by atoms with Gasteiger partial charge in [0.1, 0.15) is 12.2 Å². The summed E-state index contributed by atoms with van der Waals surface area (Å²) < 4.78 is 0. The molecule has 7 heteroatoms. The van der Waals surface area contributed by atoms with Crippen molar-refractivity contribution in [3.8, 4) is 6.07 Å². The third kappa shape index (κ3) is 4.68. The number of aromatic nitrogens is 2. The van der Waals surface area contributed by atoms with Crippen molar-refractivity contribution in [1.82, 2.24) is 9.97 Å². The fraction of sp³-hybridized carbons (Fsp3) is 0.250. The van der Waals surface area contributed by atoms with E-state index in [1.54, 1.807) is 18.2 Å². The second-order valence-corrected chi connectivity index (χ2v) is 5.17. The SMILES string of the molecule is Cc1cc(N(C)C)nc(Nc2ccc(NC(=O)CC#N)cc2)n1. The van der Waals surface area contributed by atoms with E-state index in [1.165, 1.54) is 0 Å². The standard InChI is InChI=1S/C16H18N6O/c1-11-10-14(22(2)3)21-16(18-11)20-13-6-4-12(5-7-13)19-15(23)8-9-17/h4-7,10H,8H2,1-3H3,(H,19,23)(H,18,20,21). The summed E-state index contributed by atoms with van der Waals surface area (Å²) in [6.45, 7) is 1.91. The summed E-state index contributed by atoms with van der Waals surface area (Å²) in [6.07, 6.45) is -0.162. The second-order valence-electron chi connectivity index (χ2n) is 5.17. The molecular weight excluding hydrogens is 292 g/mol. The van der Waals surface area contributed by atoms with Crippen molar-refractivity contribution in [2.24, 2.45) is 0 Å². The maximum absolute atomic E-state index is 11.4. The van der Waals surface area contributed by atoms with Gasteiger partial charge in [-0.1, -0.05) is 0 Å². The van der Waals surface area contributed by atoms with Crippen molar-refractivity contribution in [1.29, 1.82) is 5.26 Å². The van der Waals surface area contributed by atoms with E-state index in [0.29, 0.717) is 11.6 Å². The van der Waals surface area contributed by atoms with Crippen LogP contribution >= 0.6 is 0 Å². The molecule has 0 bridgehead atoms. The molecule has 1 heterocycles. The molecule has 0 atom stereocenters. The van der Waals surface area contributed by atoms with Gasteiger partial charge in [-0.3, -0.25) is 4.79 Å². The second kappa shape index (κ2) is 7.22. The quantitative estimate of drug-likeness (QED) is 0.881. The number of rotatable bonds is 5. The lowest BCUT2D eigenvalue weighted by Crippen LogP contribution is -2.12. The monoisotopic (exact) mass is 310 g/mol. The molecule has 23 heavy (non-hydrogen) atoms. The minimum absolute atomic E-state index is 0.162. The van der Waals surface area contributed by atoms with Crippen molar-refractivity contribution >= 4 is 29.0 Å². The van der Waals surface area contributed by atoms with Gasteiger partial charge in [-0.2, -0.15) is 10.2 Å². The fourth-order valence-electron chi connectivity index (χ4n) is 1.88. The first-order valence-corrected chi connectivity index (χ1v) is 7.05. The molecule has 0 spiro atoms. The molecule has 0 saturated carbocycles. The zero-order chi connectivity index (χ0) is 16.8. The highest BCUT2D eigenvalue weighted by Crippen LogP contribution is 2.19. The summed E-state index contributed by atoms with van der Waals surface area (Å²) >= 11 is 0. The molecule has 1 aromatic carbocycles. The van der Waals surface area contributed by atoms with Crippen LogP contribution in [-0.2, 0) is 4.79 Å². The Kier molecular flexibility index (Phi) is 5.10. The number of carbonyl (C=O) groups is 1. The Hall–Kier alpha value is -3.14. The fourth-order valence-corrected chi connectivity index (χ4v) is 1.88. The molecule has 0 aliphatic carbocycles. The van der Waals surface area contributed by atoms with E-state index >= 15 is 0 Å². The minimum atomic E-state index is -0.328. The number of nitrogens with zero attached hydrogens (tertiary/aromatic N) is 4. The van der Waals surface area contributed by atoms with Crippen LogP contribution in [-0.4, -0.2) is 30.0 Å². The highest BCUT2D eigenvalue weighted by Gasteiger charge is 2.05. The number of hydrogen-bond acceptors (Lipinski definition) is 6. The zero-order valence-electron chi connectivity index (χ0n) is 13.3. The average Bonchev–Trinajstić information content (AvgIpc) is 2.49. The van der Waals surface area contributed by atoms with Crippen LogP contribution in [0.25, 0.3) is 0 Å². The smallest absolute Gasteiger partial charge is 0.238 e. The topological polar surface area (TPSA) is 93.9 Å². The van der Waals surface area contributed by atoms with Crippen LogP contribution in [0.15, 0.2) is 30.3 Å². The van der Waals surface area contributed by atoms with E-state index in [2.05, 4.69) is 20.6 Å². The molecule has 7 nitrogen and oxygen atoms in total. The van der Waals surface area contributed by atoms with E-state index in [9.17, 15) is 4.79 Å². The molecule has 0 aliphatic heterocycles. The van der Waals surface area contributed by atoms with E-state index in [0.717, 1.165) is 17.2 Å². The third-order valence-electron chi connectivity index (χ3n) is 2.96. The van der Waals surface area contributed by atoms with Gasteiger partial charge in [0, 0.05) is 37.2 Å². The molecule has 1 aromatic heterocycles. The van der Waals surface area contributed by atoms with E-state index in [4.69, 9.17) is 5.26 Å². The normalized spacial score (nSPS) is 9.83. The Morgan fingerprint density at radius 1 is 1.22 bits per heavy atom. The highest BCUT2D eigenvalue weighted by molar-refractivity contribution is 5.92. The number of aryl methyl sites for hydroxylation is 1. The number of amides is 1. The van der Waals surface area contributed by atoms with Crippen molar-refractivity contribution in [2.75, 3.05) is 29.6 Å². The zero-order valence-corrected chi connectivity index (χ0v) is 13.3. The molecule has 1 amide bonds. The lowest BCUT2D eigenvalue weighted by Gasteiger charge is -2.14. The molecular formula is C16H18N6O. The van der Waals surface area contributed by atoms with Gasteiger partial charge < -0.3 is 15.5 Å². The molecule has 118 valence electrons. The van der Waals surface area contributed by atoms with Crippen LogP contribution in [0.5, 0.6) is 0 Å². The minimum Gasteiger partial charge on any atom is -0.363 e. The number of nitriles is 1. The molecule has 0 radical (unpaired) electrons. The van der Waals surface area contributed by atoms with Gasteiger partial charge in [0.25, 0.3) is 0 Å². The van der Waals surface area contributed by atoms with E-state index in [1.807, 2.05) is 44.1 Å². The molecule has 2 rings (SSSR count). The van der Waals surface area contributed by atoms with Crippen molar-refractivity contribution in [3.05, 3.63) is 36.0 Å². The lowest BCUT2D eigenvalue weighted by molar-refractivity contribution is -0.115. The van der Waals surface area contributed by atoms with Gasteiger partial charge in [-0.25, -0.2) is 4.98 Å². The number of benzene rings is 1. The molecule has 2 N–H and O–H groups in total. The van der Waals surface area contributed by atoms with Crippen LogP contribution in [0.1, 0.15) is 12.1 Å². The number of hydrogen-bond donors (Lipinski definition) is 2. The van der Waals surface area contributed by atoms with E-state index in [-0.39, 0.29) is 12.3 Å². The maximum Gasteiger partial charge on any atom is 0.238 e. The maximum atomic E-state index is 11.4. The number of anilines is 4. The Morgan fingerprint density at radius 2 is 1.87 bits per heavy atom. The molecule has 0 unspecified atom stereocenters. The lowest BCUT2D eigenvalue weighted by atomic mass is 10.2. The Morgan fingerprint density at radius 3 is 2.48 bits per heavy atom. The van der Waals surface area contributed by atoms with Gasteiger partial charge >= 0.3 is 0 Å². The van der Waals surface area contributed by atoms with Gasteiger partial charge in [-0.15, -0.1) is 0 Å². The molecule has 0 saturated heterocycles. The number of carbonyl (C=O) groups excluding carboxylic acids is 1. The molecule has 0 fully saturated rings.